The van der Waals surface area contributed by atoms with Crippen LogP contribution in [0.5, 0.6) is 0 Å². The smallest absolute Gasteiger partial charge is 0.328 e. The number of carbonyl (C=O) groups is 4. The number of amides is 3. The molecule has 3 amide bonds. The fraction of sp³-hybridized carbons (Fsp3) is 0.455. The Hall–Kier alpha value is -2.38. The second-order valence-electron chi connectivity index (χ2n) is 3.88. The van der Waals surface area contributed by atoms with Crippen LogP contribution in [-0.4, -0.2) is 42.1 Å². The van der Waals surface area contributed by atoms with Gasteiger partial charge in [-0.2, -0.15) is 0 Å². The summed E-state index contributed by atoms with van der Waals surface area (Å²) < 4.78 is 4.50. The molecule has 0 saturated carbocycles. The van der Waals surface area contributed by atoms with E-state index in [9.17, 15) is 19.2 Å². The van der Waals surface area contributed by atoms with Crippen molar-refractivity contribution in [2.45, 2.75) is 19.9 Å². The molecule has 0 aromatic carbocycles. The van der Waals surface area contributed by atoms with E-state index in [1.807, 2.05) is 5.32 Å². The number of nitrogens with one attached hydrogen (secondary N) is 2. The lowest BCUT2D eigenvalue weighted by Gasteiger charge is -2.19. The minimum atomic E-state index is -1.31. The van der Waals surface area contributed by atoms with E-state index in [0.29, 0.717) is 12.2 Å². The fourth-order valence-corrected chi connectivity index (χ4v) is 1.10. The van der Waals surface area contributed by atoms with Gasteiger partial charge in [0.2, 0.25) is 0 Å². The summed E-state index contributed by atoms with van der Waals surface area (Å²) in [4.78, 5) is 44.0. The Bertz CT molecular complexity index is 402. The lowest BCUT2D eigenvalue weighted by atomic mass is 10.1. The van der Waals surface area contributed by atoms with Crippen molar-refractivity contribution in [3.05, 3.63) is 12.2 Å². The molecule has 1 atom stereocenters. The average Bonchev–Trinajstić information content (AvgIpc) is 2.32. The summed E-state index contributed by atoms with van der Waals surface area (Å²) in [5.41, 5.74) is 0. The van der Waals surface area contributed by atoms with E-state index in [0.717, 1.165) is 0 Å². The van der Waals surface area contributed by atoms with Crippen LogP contribution in [0.2, 0.25) is 0 Å². The first-order chi connectivity index (χ1) is 8.77. The molecule has 8 heteroatoms. The summed E-state index contributed by atoms with van der Waals surface area (Å²) >= 11 is 0. The second kappa shape index (κ2) is 7.85. The molecule has 0 fully saturated rings. The Kier molecular flexibility index (Phi) is 6.87. The Morgan fingerprint density at radius 1 is 1.16 bits per heavy atom. The molecule has 8 nitrogen and oxygen atoms in total. The molecule has 0 radical (unpaired) electrons. The van der Waals surface area contributed by atoms with Crippen LogP contribution in [-0.2, 0) is 19.1 Å². The topological polar surface area (TPSA) is 122 Å². The molecule has 0 aliphatic rings. The number of methoxy groups -OCH3 is 1. The molecule has 0 aliphatic carbocycles. The molecule has 0 rings (SSSR count). The summed E-state index contributed by atoms with van der Waals surface area (Å²) in [5.74, 6) is -3.10. The zero-order chi connectivity index (χ0) is 15.0. The fourth-order valence-electron chi connectivity index (χ4n) is 1.10. The number of carboxylic acids is 1. The Morgan fingerprint density at radius 2 is 1.74 bits per heavy atom. The number of hydrogen-bond donors (Lipinski definition) is 3. The summed E-state index contributed by atoms with van der Waals surface area (Å²) in [5, 5.41) is 12.4. The predicted octanol–water partition coefficient (Wildman–Crippen LogP) is -0.349. The highest BCUT2D eigenvalue weighted by Gasteiger charge is 2.25. The maximum absolute atomic E-state index is 11.4. The van der Waals surface area contributed by atoms with Gasteiger partial charge in [-0.3, -0.25) is 10.1 Å². The van der Waals surface area contributed by atoms with Gasteiger partial charge in [-0.25, -0.2) is 14.4 Å². The number of ether oxygens (including phenoxy) is 1. The number of hydrogen-bond acceptors (Lipinski definition) is 5. The summed E-state index contributed by atoms with van der Waals surface area (Å²) in [6.45, 7) is 3.38. The van der Waals surface area contributed by atoms with Gasteiger partial charge in [0.05, 0.1) is 7.11 Å². The predicted molar refractivity (Wildman–Crippen MR) is 64.1 cm³/mol. The first-order valence-corrected chi connectivity index (χ1v) is 5.38. The van der Waals surface area contributed by atoms with Crippen LogP contribution >= 0.6 is 0 Å². The zero-order valence-corrected chi connectivity index (χ0v) is 10.8. The second-order valence-corrected chi connectivity index (χ2v) is 3.88. The Morgan fingerprint density at radius 3 is 2.16 bits per heavy atom. The van der Waals surface area contributed by atoms with Crippen molar-refractivity contribution in [1.29, 1.82) is 0 Å². The van der Waals surface area contributed by atoms with E-state index >= 15 is 0 Å². The van der Waals surface area contributed by atoms with Crippen molar-refractivity contribution in [3.8, 4) is 0 Å². The van der Waals surface area contributed by atoms with Gasteiger partial charge >= 0.3 is 18.0 Å². The maximum atomic E-state index is 11.4. The van der Waals surface area contributed by atoms with Crippen LogP contribution in [0.15, 0.2) is 12.2 Å². The third-order valence-electron chi connectivity index (χ3n) is 2.02. The van der Waals surface area contributed by atoms with E-state index in [-0.39, 0.29) is 5.92 Å². The number of esters is 1. The van der Waals surface area contributed by atoms with Gasteiger partial charge in [0.1, 0.15) is 6.04 Å². The molecule has 3 N–H and O–H groups in total. The number of imide groups is 1. The molecule has 1 unspecified atom stereocenters. The van der Waals surface area contributed by atoms with Crippen LogP contribution in [0.1, 0.15) is 13.8 Å². The molecule has 0 heterocycles. The molecule has 0 aromatic heterocycles. The van der Waals surface area contributed by atoms with Gasteiger partial charge in [-0.1, -0.05) is 13.8 Å². The van der Waals surface area contributed by atoms with Crippen LogP contribution < -0.4 is 10.6 Å². The van der Waals surface area contributed by atoms with Crippen LogP contribution in [0.4, 0.5) is 4.79 Å². The average molecular weight is 272 g/mol. The van der Waals surface area contributed by atoms with E-state index in [4.69, 9.17) is 5.11 Å². The largest absolute Gasteiger partial charge is 0.478 e. The highest BCUT2D eigenvalue weighted by Crippen LogP contribution is 2.03. The Balaban J connectivity index is 4.47. The van der Waals surface area contributed by atoms with Crippen molar-refractivity contribution in [2.24, 2.45) is 5.92 Å². The normalized spacial score (nSPS) is 12.0. The van der Waals surface area contributed by atoms with Crippen molar-refractivity contribution in [1.82, 2.24) is 10.6 Å². The summed E-state index contributed by atoms with van der Waals surface area (Å²) in [7, 11) is 1.18. The monoisotopic (exact) mass is 272 g/mol. The quantitative estimate of drug-likeness (QED) is 0.464. The standard InChI is InChI=1S/C11H16N2O6/c1-6(2)9(10(17)19-3)13-11(18)12-7(14)4-5-8(15)16/h4-6,9H,1-3H3,(H,15,16)(H2,12,13,14,18)/b5-4+. The zero-order valence-electron chi connectivity index (χ0n) is 10.8. The van der Waals surface area contributed by atoms with Gasteiger partial charge in [0.25, 0.3) is 5.91 Å². The van der Waals surface area contributed by atoms with Gasteiger partial charge in [0, 0.05) is 12.2 Å². The van der Waals surface area contributed by atoms with Crippen LogP contribution in [0.25, 0.3) is 0 Å². The van der Waals surface area contributed by atoms with Crippen LogP contribution in [0.3, 0.4) is 0 Å². The van der Waals surface area contributed by atoms with Crippen molar-refractivity contribution in [3.63, 3.8) is 0 Å². The third kappa shape index (κ3) is 6.81. The Labute approximate surface area is 109 Å². The lowest BCUT2D eigenvalue weighted by Crippen LogP contribution is -2.50. The van der Waals surface area contributed by atoms with E-state index in [2.05, 4.69) is 10.1 Å². The molecular weight excluding hydrogens is 256 g/mol. The third-order valence-corrected chi connectivity index (χ3v) is 2.02. The molecule has 0 saturated heterocycles. The van der Waals surface area contributed by atoms with Gasteiger partial charge in [0.15, 0.2) is 0 Å². The number of rotatable bonds is 5. The molecule has 0 bridgehead atoms. The molecule has 0 aliphatic heterocycles. The first-order valence-electron chi connectivity index (χ1n) is 5.38. The van der Waals surface area contributed by atoms with E-state index in [1.54, 1.807) is 13.8 Å². The SMILES string of the molecule is COC(=O)C(NC(=O)NC(=O)/C=C/C(=O)O)C(C)C. The number of urea groups is 1. The number of carbonyl (C=O) groups excluding carboxylic acids is 3. The van der Waals surface area contributed by atoms with E-state index < -0.39 is 29.9 Å². The minimum Gasteiger partial charge on any atom is -0.478 e. The lowest BCUT2D eigenvalue weighted by molar-refractivity contribution is -0.144. The maximum Gasteiger partial charge on any atom is 0.328 e. The number of aliphatic carboxylic acids is 1. The van der Waals surface area contributed by atoms with Gasteiger partial charge in [-0.15, -0.1) is 0 Å². The van der Waals surface area contributed by atoms with E-state index in [1.165, 1.54) is 7.11 Å². The minimum absolute atomic E-state index is 0.233. The van der Waals surface area contributed by atoms with Gasteiger partial charge in [-0.05, 0) is 5.92 Å². The highest BCUT2D eigenvalue weighted by molar-refractivity contribution is 6.03. The molecular formula is C11H16N2O6. The van der Waals surface area contributed by atoms with Crippen LogP contribution in [0, 0.1) is 5.92 Å². The molecule has 106 valence electrons. The first kappa shape index (κ1) is 16.6. The van der Waals surface area contributed by atoms with Gasteiger partial charge < -0.3 is 15.2 Å². The molecule has 0 spiro atoms. The van der Waals surface area contributed by atoms with Crippen molar-refractivity contribution < 1.29 is 29.0 Å². The van der Waals surface area contributed by atoms with Crippen molar-refractivity contribution >= 4 is 23.9 Å². The molecule has 0 aromatic rings. The molecule has 19 heavy (non-hydrogen) atoms. The number of carboxylic acid groups (broad SMARTS) is 1. The van der Waals surface area contributed by atoms with Crippen molar-refractivity contribution in [2.75, 3.05) is 7.11 Å². The highest BCUT2D eigenvalue weighted by atomic mass is 16.5. The summed E-state index contributed by atoms with van der Waals surface area (Å²) in [6.07, 6.45) is 1.27. The summed E-state index contributed by atoms with van der Waals surface area (Å²) in [6, 6.07) is -1.81.